The fourth-order valence-electron chi connectivity index (χ4n) is 3.85. The molecule has 0 heterocycles. The van der Waals surface area contributed by atoms with Crippen LogP contribution >= 0.6 is 7.82 Å². The highest BCUT2D eigenvalue weighted by atomic mass is 31.2. The first kappa shape index (κ1) is 33.2. The van der Waals surface area contributed by atoms with Gasteiger partial charge in [-0.05, 0) is 56.6 Å². The van der Waals surface area contributed by atoms with Crippen molar-refractivity contribution in [3.63, 3.8) is 0 Å². The number of carbonyl (C=O) groups excluding carboxylic acids is 1. The molecule has 1 aliphatic carbocycles. The second-order valence-corrected chi connectivity index (χ2v) is 12.7. The van der Waals surface area contributed by atoms with Gasteiger partial charge in [0.2, 0.25) is 0 Å². The van der Waals surface area contributed by atoms with E-state index in [-0.39, 0.29) is 18.6 Å². The summed E-state index contributed by atoms with van der Waals surface area (Å²) < 4.78 is 27.6. The highest BCUT2D eigenvalue weighted by molar-refractivity contribution is 7.47. The lowest BCUT2D eigenvalue weighted by molar-refractivity contribution is -0.870. The van der Waals surface area contributed by atoms with Crippen LogP contribution in [0.2, 0.25) is 0 Å². The molecule has 2 N–H and O–H groups in total. The number of esters is 1. The molecule has 0 aromatic rings. The molecule has 0 aromatic carbocycles. The summed E-state index contributed by atoms with van der Waals surface area (Å²) in [6.07, 6.45) is 13.7. The van der Waals surface area contributed by atoms with Crippen LogP contribution in [-0.4, -0.2) is 74.1 Å². The number of allylic oxidation sites excluding steroid dienone is 9. The van der Waals surface area contributed by atoms with Crippen LogP contribution in [-0.2, 0) is 23.1 Å². The first-order valence-corrected chi connectivity index (χ1v) is 14.2. The smallest absolute Gasteiger partial charge is 0.460 e. The van der Waals surface area contributed by atoms with Gasteiger partial charge in [0.25, 0.3) is 0 Å². The molecule has 1 aliphatic rings. The minimum atomic E-state index is -4.39. The highest BCUT2D eigenvalue weighted by Crippen LogP contribution is 2.44. The molecule has 0 fully saturated rings. The molecule has 210 valence electrons. The third-order valence-electron chi connectivity index (χ3n) is 6.03. The molecule has 0 aliphatic heterocycles. The number of nitrogens with zero attached hydrogens (tertiary/aromatic N) is 1. The SMILES string of the molecule is CC(C=CC1=C(C)CCCC1(C)C)=CC=CC(C)=CC(=O)OC[C@H](CO)OP(=O)(O)OCC[N+](C)(C)C. The van der Waals surface area contributed by atoms with E-state index in [1.807, 2.05) is 40.2 Å². The van der Waals surface area contributed by atoms with Crippen molar-refractivity contribution < 1.29 is 37.6 Å². The summed E-state index contributed by atoms with van der Waals surface area (Å²) in [4.78, 5) is 22.0. The summed E-state index contributed by atoms with van der Waals surface area (Å²) in [6.45, 7) is 10.1. The van der Waals surface area contributed by atoms with Gasteiger partial charge in [-0.3, -0.25) is 9.05 Å². The molecule has 1 unspecified atom stereocenters. The quantitative estimate of drug-likeness (QED) is 0.102. The normalized spacial score (nSPS) is 19.9. The molecule has 0 radical (unpaired) electrons. The lowest BCUT2D eigenvalue weighted by Gasteiger charge is -2.32. The Kier molecular flexibility index (Phi) is 13.4. The van der Waals surface area contributed by atoms with Crippen molar-refractivity contribution in [3.8, 4) is 0 Å². The average Bonchev–Trinajstić information content (AvgIpc) is 2.74. The summed E-state index contributed by atoms with van der Waals surface area (Å²) in [5, 5.41) is 9.43. The summed E-state index contributed by atoms with van der Waals surface area (Å²) >= 11 is 0. The topological polar surface area (TPSA) is 102 Å². The van der Waals surface area contributed by atoms with Crippen molar-refractivity contribution >= 4 is 13.8 Å². The molecule has 0 amide bonds. The minimum absolute atomic E-state index is 0.00266. The monoisotopic (exact) mass is 540 g/mol. The van der Waals surface area contributed by atoms with E-state index in [0.717, 1.165) is 12.0 Å². The summed E-state index contributed by atoms with van der Waals surface area (Å²) in [6, 6.07) is 0. The predicted octanol–water partition coefficient (Wildman–Crippen LogP) is 5.26. The third-order valence-corrected chi connectivity index (χ3v) is 7.11. The zero-order valence-electron chi connectivity index (χ0n) is 23.8. The van der Waals surface area contributed by atoms with E-state index in [2.05, 4.69) is 32.9 Å². The van der Waals surface area contributed by atoms with Crippen LogP contribution in [0.15, 0.2) is 58.7 Å². The Morgan fingerprint density at radius 1 is 1.19 bits per heavy atom. The Hall–Kier alpha value is -1.80. The summed E-state index contributed by atoms with van der Waals surface area (Å²) in [5.41, 5.74) is 4.82. The van der Waals surface area contributed by atoms with Crippen LogP contribution in [0, 0.1) is 5.41 Å². The first-order valence-electron chi connectivity index (χ1n) is 12.7. The number of phosphoric ester groups is 1. The predicted molar refractivity (Wildman–Crippen MR) is 148 cm³/mol. The summed E-state index contributed by atoms with van der Waals surface area (Å²) in [5.74, 6) is -0.648. The first-order chi connectivity index (χ1) is 17.0. The maximum atomic E-state index is 12.1. The number of likely N-dealkylation sites (N-methyl/N-ethyl adjacent to an activating group) is 1. The lowest BCUT2D eigenvalue weighted by Crippen LogP contribution is -2.37. The second-order valence-electron chi connectivity index (χ2n) is 11.3. The Bertz CT molecular complexity index is 968. The van der Waals surface area contributed by atoms with E-state index in [1.54, 1.807) is 13.0 Å². The van der Waals surface area contributed by atoms with Gasteiger partial charge in [-0.15, -0.1) is 0 Å². The van der Waals surface area contributed by atoms with Crippen LogP contribution in [0.5, 0.6) is 0 Å². The van der Waals surface area contributed by atoms with E-state index in [1.165, 1.54) is 30.1 Å². The van der Waals surface area contributed by atoms with Gasteiger partial charge >= 0.3 is 13.8 Å². The van der Waals surface area contributed by atoms with Crippen molar-refractivity contribution in [1.82, 2.24) is 0 Å². The van der Waals surface area contributed by atoms with Gasteiger partial charge in [0.05, 0.1) is 27.7 Å². The van der Waals surface area contributed by atoms with Crippen molar-refractivity contribution in [2.75, 3.05) is 47.5 Å². The van der Waals surface area contributed by atoms with E-state index >= 15 is 0 Å². The van der Waals surface area contributed by atoms with Crippen molar-refractivity contribution in [3.05, 3.63) is 58.7 Å². The zero-order chi connectivity index (χ0) is 28.3. The average molecular weight is 541 g/mol. The van der Waals surface area contributed by atoms with Crippen LogP contribution in [0.1, 0.15) is 53.9 Å². The van der Waals surface area contributed by atoms with Gasteiger partial charge < -0.3 is 19.2 Å². The number of ether oxygens (including phenoxy) is 1. The maximum Gasteiger partial charge on any atom is 0.472 e. The molecule has 1 rings (SSSR count). The molecule has 8 nitrogen and oxygen atoms in total. The number of phosphoric acid groups is 1. The van der Waals surface area contributed by atoms with Crippen LogP contribution < -0.4 is 0 Å². The lowest BCUT2D eigenvalue weighted by atomic mass is 9.72. The fourth-order valence-corrected chi connectivity index (χ4v) is 4.73. The van der Waals surface area contributed by atoms with Gasteiger partial charge in [0, 0.05) is 6.08 Å². The van der Waals surface area contributed by atoms with Crippen molar-refractivity contribution in [1.29, 1.82) is 0 Å². The number of aliphatic hydroxyl groups excluding tert-OH is 1. The van der Waals surface area contributed by atoms with E-state index in [4.69, 9.17) is 13.8 Å². The number of hydrogen-bond donors (Lipinski definition) is 2. The number of hydrogen-bond acceptors (Lipinski definition) is 6. The Labute approximate surface area is 223 Å². The Balaban J connectivity index is 2.59. The molecule has 37 heavy (non-hydrogen) atoms. The zero-order valence-corrected chi connectivity index (χ0v) is 24.7. The van der Waals surface area contributed by atoms with Gasteiger partial charge in [-0.1, -0.05) is 55.4 Å². The van der Waals surface area contributed by atoms with E-state index < -0.39 is 26.5 Å². The second kappa shape index (κ2) is 15.0. The molecular formula is C28H47NO7P+. The standard InChI is InChI=1S/C28H46NO7P/c1-22(14-15-26-24(3)13-10-16-28(26,4)5)11-9-12-23(2)19-27(31)34-21-25(20-30)36-37(32,33)35-18-17-29(6,7)8/h9,11-12,14-15,19,25,30H,10,13,16-18,20-21H2,1-8H3/p+1/t25-/m0/s1. The van der Waals surface area contributed by atoms with E-state index in [9.17, 15) is 19.4 Å². The third kappa shape index (κ3) is 14.1. The molecule has 0 spiro atoms. The van der Waals surface area contributed by atoms with Crippen molar-refractivity contribution in [2.24, 2.45) is 5.41 Å². The molecule has 0 saturated heterocycles. The van der Waals surface area contributed by atoms with Crippen molar-refractivity contribution in [2.45, 2.75) is 60.0 Å². The van der Waals surface area contributed by atoms with Crippen LogP contribution in [0.25, 0.3) is 0 Å². The Morgan fingerprint density at radius 2 is 1.86 bits per heavy atom. The number of aliphatic hydroxyl groups is 1. The minimum Gasteiger partial charge on any atom is -0.460 e. The van der Waals surface area contributed by atoms with Gasteiger partial charge in [-0.2, -0.15) is 0 Å². The number of quaternary nitrogens is 1. The number of carbonyl (C=O) groups is 1. The summed E-state index contributed by atoms with van der Waals surface area (Å²) in [7, 11) is 1.36. The van der Waals surface area contributed by atoms with E-state index in [0.29, 0.717) is 16.6 Å². The van der Waals surface area contributed by atoms with Gasteiger partial charge in [0.1, 0.15) is 25.9 Å². The molecule has 0 aromatic heterocycles. The molecule has 2 atom stereocenters. The highest BCUT2D eigenvalue weighted by Gasteiger charge is 2.28. The van der Waals surface area contributed by atoms with Gasteiger partial charge in [-0.25, -0.2) is 9.36 Å². The maximum absolute atomic E-state index is 12.1. The Morgan fingerprint density at radius 3 is 2.46 bits per heavy atom. The largest absolute Gasteiger partial charge is 0.472 e. The molecule has 0 bridgehead atoms. The molecule has 9 heteroatoms. The fraction of sp³-hybridized carbons (Fsp3) is 0.607. The van der Waals surface area contributed by atoms with Crippen LogP contribution in [0.4, 0.5) is 0 Å². The number of rotatable bonds is 14. The molecular weight excluding hydrogens is 493 g/mol. The molecule has 0 saturated carbocycles. The van der Waals surface area contributed by atoms with Crippen LogP contribution in [0.3, 0.4) is 0 Å². The van der Waals surface area contributed by atoms with Gasteiger partial charge in [0.15, 0.2) is 0 Å².